The van der Waals surface area contributed by atoms with Gasteiger partial charge in [0.1, 0.15) is 5.75 Å². The van der Waals surface area contributed by atoms with Crippen LogP contribution >= 0.6 is 0 Å². The lowest BCUT2D eigenvalue weighted by Crippen LogP contribution is -2.39. The number of rotatable bonds is 5. The van der Waals surface area contributed by atoms with Crippen LogP contribution in [0.4, 0.5) is 13.2 Å². The minimum absolute atomic E-state index is 0.0457. The average Bonchev–Trinajstić information content (AvgIpc) is 2.83. The van der Waals surface area contributed by atoms with Crippen LogP contribution in [0.5, 0.6) is 5.75 Å². The van der Waals surface area contributed by atoms with Gasteiger partial charge < -0.3 is 10.5 Å². The lowest BCUT2D eigenvalue weighted by Gasteiger charge is -2.19. The average molecular weight is 338 g/mol. The van der Waals surface area contributed by atoms with Crippen molar-refractivity contribution >= 4 is 10.0 Å². The second-order valence-electron chi connectivity index (χ2n) is 5.18. The first-order valence-corrected chi connectivity index (χ1v) is 8.28. The van der Waals surface area contributed by atoms with Crippen molar-refractivity contribution in [2.24, 2.45) is 11.7 Å². The molecule has 124 valence electrons. The molecule has 2 rings (SSSR count). The summed E-state index contributed by atoms with van der Waals surface area (Å²) >= 11 is 0. The van der Waals surface area contributed by atoms with Crippen molar-refractivity contribution in [3.05, 3.63) is 24.3 Å². The van der Waals surface area contributed by atoms with E-state index in [1.807, 2.05) is 0 Å². The fourth-order valence-electron chi connectivity index (χ4n) is 2.58. The maximum Gasteiger partial charge on any atom is 0.573 e. The molecule has 0 heterocycles. The molecule has 1 aliphatic rings. The zero-order chi connectivity index (χ0) is 16.4. The fourth-order valence-corrected chi connectivity index (χ4v) is 3.95. The lowest BCUT2D eigenvalue weighted by atomic mass is 10.1. The monoisotopic (exact) mass is 338 g/mol. The molecular weight excluding hydrogens is 321 g/mol. The molecule has 1 fully saturated rings. The molecule has 5 nitrogen and oxygen atoms in total. The van der Waals surface area contributed by atoms with Crippen LogP contribution in [0.2, 0.25) is 0 Å². The molecule has 0 aromatic heterocycles. The van der Waals surface area contributed by atoms with Gasteiger partial charge in [0.15, 0.2) is 0 Å². The van der Waals surface area contributed by atoms with Gasteiger partial charge in [0.05, 0.1) is 4.90 Å². The van der Waals surface area contributed by atoms with Gasteiger partial charge in [-0.3, -0.25) is 0 Å². The Morgan fingerprint density at radius 3 is 2.68 bits per heavy atom. The minimum Gasteiger partial charge on any atom is -0.406 e. The van der Waals surface area contributed by atoms with E-state index in [4.69, 9.17) is 5.73 Å². The van der Waals surface area contributed by atoms with Crippen molar-refractivity contribution in [3.63, 3.8) is 0 Å². The maximum absolute atomic E-state index is 12.3. The van der Waals surface area contributed by atoms with Crippen molar-refractivity contribution < 1.29 is 26.3 Å². The quantitative estimate of drug-likeness (QED) is 0.860. The molecule has 1 aliphatic carbocycles. The molecule has 2 unspecified atom stereocenters. The molecule has 22 heavy (non-hydrogen) atoms. The smallest absolute Gasteiger partial charge is 0.406 e. The summed E-state index contributed by atoms with van der Waals surface area (Å²) < 4.78 is 67.4. The van der Waals surface area contributed by atoms with E-state index >= 15 is 0 Å². The molecule has 0 amide bonds. The van der Waals surface area contributed by atoms with E-state index in [1.54, 1.807) is 0 Å². The molecule has 2 atom stereocenters. The van der Waals surface area contributed by atoms with Crippen LogP contribution in [0.25, 0.3) is 0 Å². The lowest BCUT2D eigenvalue weighted by molar-refractivity contribution is -0.274. The van der Waals surface area contributed by atoms with Crippen molar-refractivity contribution in [3.8, 4) is 5.75 Å². The Morgan fingerprint density at radius 1 is 1.32 bits per heavy atom. The number of nitrogens with two attached hydrogens (primary N) is 1. The highest BCUT2D eigenvalue weighted by atomic mass is 32.2. The summed E-state index contributed by atoms with van der Waals surface area (Å²) in [5.41, 5.74) is 5.60. The van der Waals surface area contributed by atoms with Crippen molar-refractivity contribution in [1.82, 2.24) is 4.72 Å². The summed E-state index contributed by atoms with van der Waals surface area (Å²) in [6.07, 6.45) is -2.50. The third-order valence-electron chi connectivity index (χ3n) is 3.62. The predicted molar refractivity (Wildman–Crippen MR) is 73.6 cm³/mol. The number of nitrogens with one attached hydrogen (secondary N) is 1. The molecule has 0 saturated heterocycles. The van der Waals surface area contributed by atoms with Crippen LogP contribution in [-0.4, -0.2) is 27.4 Å². The van der Waals surface area contributed by atoms with Crippen LogP contribution in [0.15, 0.2) is 29.2 Å². The van der Waals surface area contributed by atoms with Crippen LogP contribution in [0.1, 0.15) is 19.3 Å². The molecule has 0 spiro atoms. The van der Waals surface area contributed by atoms with Gasteiger partial charge in [-0.05, 0) is 37.4 Å². The first-order valence-electron chi connectivity index (χ1n) is 6.79. The Bertz CT molecular complexity index is 619. The van der Waals surface area contributed by atoms with Gasteiger partial charge in [-0.25, -0.2) is 13.1 Å². The van der Waals surface area contributed by atoms with Gasteiger partial charge in [-0.15, -0.1) is 13.2 Å². The minimum atomic E-state index is -4.87. The van der Waals surface area contributed by atoms with Gasteiger partial charge in [-0.2, -0.15) is 0 Å². The molecule has 1 aromatic rings. The zero-order valence-corrected chi connectivity index (χ0v) is 12.5. The number of benzene rings is 1. The number of hydrogen-bond donors (Lipinski definition) is 2. The molecule has 9 heteroatoms. The first-order chi connectivity index (χ1) is 10.2. The molecular formula is C13H17F3N2O3S. The number of halogens is 3. The van der Waals surface area contributed by atoms with Gasteiger partial charge in [-0.1, -0.05) is 12.5 Å². The van der Waals surface area contributed by atoms with Crippen molar-refractivity contribution in [2.45, 2.75) is 36.6 Å². The van der Waals surface area contributed by atoms with Gasteiger partial charge in [0.25, 0.3) is 0 Å². The standard InChI is InChI=1S/C13H17F3N2O3S/c14-13(15,16)21-10-4-2-5-11(7-10)22(19,20)18-12-6-1-3-9(12)8-17/h2,4-5,7,9,12,18H,1,3,6,8,17H2. The van der Waals surface area contributed by atoms with E-state index < -0.39 is 22.1 Å². The van der Waals surface area contributed by atoms with Gasteiger partial charge in [0, 0.05) is 12.1 Å². The number of alkyl halides is 3. The SMILES string of the molecule is NCC1CCCC1NS(=O)(=O)c1cccc(OC(F)(F)F)c1. The summed E-state index contributed by atoms with van der Waals surface area (Å²) in [7, 11) is -3.92. The third kappa shape index (κ3) is 4.34. The highest BCUT2D eigenvalue weighted by Gasteiger charge is 2.33. The van der Waals surface area contributed by atoms with Crippen LogP contribution < -0.4 is 15.2 Å². The summed E-state index contributed by atoms with van der Waals surface area (Å²) in [5, 5.41) is 0. The largest absolute Gasteiger partial charge is 0.573 e. The first kappa shape index (κ1) is 17.0. The molecule has 3 N–H and O–H groups in total. The number of ether oxygens (including phenoxy) is 1. The second-order valence-corrected chi connectivity index (χ2v) is 6.89. The van der Waals surface area contributed by atoms with E-state index in [-0.39, 0.29) is 16.9 Å². The van der Waals surface area contributed by atoms with Crippen LogP contribution in [-0.2, 0) is 10.0 Å². The third-order valence-corrected chi connectivity index (χ3v) is 5.11. The Morgan fingerprint density at radius 2 is 2.05 bits per heavy atom. The van der Waals surface area contributed by atoms with Crippen molar-refractivity contribution in [1.29, 1.82) is 0 Å². The van der Waals surface area contributed by atoms with E-state index in [2.05, 4.69) is 9.46 Å². The molecule has 0 bridgehead atoms. The summed E-state index contributed by atoms with van der Waals surface area (Å²) in [6.45, 7) is 0.365. The zero-order valence-electron chi connectivity index (χ0n) is 11.6. The molecule has 1 aromatic carbocycles. The summed E-state index contributed by atoms with van der Waals surface area (Å²) in [4.78, 5) is -0.267. The molecule has 1 saturated carbocycles. The topological polar surface area (TPSA) is 81.4 Å². The number of hydrogen-bond acceptors (Lipinski definition) is 4. The Kier molecular flexibility index (Phi) is 4.98. The van der Waals surface area contributed by atoms with Crippen molar-refractivity contribution in [2.75, 3.05) is 6.54 Å². The van der Waals surface area contributed by atoms with Gasteiger partial charge in [0.2, 0.25) is 10.0 Å². The van der Waals surface area contributed by atoms with Crippen LogP contribution in [0.3, 0.4) is 0 Å². The highest BCUT2D eigenvalue weighted by Crippen LogP contribution is 2.28. The van der Waals surface area contributed by atoms with E-state index in [0.29, 0.717) is 13.0 Å². The second kappa shape index (κ2) is 6.43. The summed E-state index contributed by atoms with van der Waals surface area (Å²) in [5.74, 6) is -0.526. The highest BCUT2D eigenvalue weighted by molar-refractivity contribution is 7.89. The predicted octanol–water partition coefficient (Wildman–Crippen LogP) is 1.99. The molecule has 0 aliphatic heterocycles. The number of sulfonamides is 1. The van der Waals surface area contributed by atoms with Crippen LogP contribution in [0, 0.1) is 5.92 Å². The maximum atomic E-state index is 12.3. The Balaban J connectivity index is 2.17. The van der Waals surface area contributed by atoms with E-state index in [9.17, 15) is 21.6 Å². The molecule has 0 radical (unpaired) electrons. The fraction of sp³-hybridized carbons (Fsp3) is 0.538. The van der Waals surface area contributed by atoms with Gasteiger partial charge >= 0.3 is 6.36 Å². The Labute approximate surface area is 126 Å². The Hall–Kier alpha value is -1.32. The van der Waals surface area contributed by atoms with E-state index in [1.165, 1.54) is 12.1 Å². The van der Waals surface area contributed by atoms with E-state index in [0.717, 1.165) is 25.0 Å². The summed E-state index contributed by atoms with van der Waals surface area (Å²) in [6, 6.07) is 4.03. The normalized spacial score (nSPS) is 22.7.